The van der Waals surface area contributed by atoms with Crippen LogP contribution in [-0.4, -0.2) is 43.9 Å². The number of methoxy groups -OCH3 is 1. The van der Waals surface area contributed by atoms with Crippen molar-refractivity contribution in [2.45, 2.75) is 25.9 Å². The van der Waals surface area contributed by atoms with Gasteiger partial charge in [0.15, 0.2) is 21.0 Å². The molecule has 0 aliphatic carbocycles. The second-order valence-corrected chi connectivity index (χ2v) is 10.5. The van der Waals surface area contributed by atoms with E-state index in [2.05, 4.69) is 0 Å². The van der Waals surface area contributed by atoms with Crippen LogP contribution in [0.25, 0.3) is 11.0 Å². The molecule has 9 heteroatoms. The lowest BCUT2D eigenvalue weighted by Crippen LogP contribution is -2.40. The molecular formula is C23H22ClNO6S. The van der Waals surface area contributed by atoms with Crippen molar-refractivity contribution in [2.75, 3.05) is 18.6 Å². The summed E-state index contributed by atoms with van der Waals surface area (Å²) in [6.45, 7) is 1.94. The van der Waals surface area contributed by atoms with Crippen LogP contribution in [0.3, 0.4) is 0 Å². The summed E-state index contributed by atoms with van der Waals surface area (Å²) in [5.74, 6) is -0.105. The van der Waals surface area contributed by atoms with Crippen LogP contribution >= 0.6 is 11.6 Å². The summed E-state index contributed by atoms with van der Waals surface area (Å²) in [5, 5.41) is 0.712. The molecule has 2 aromatic carbocycles. The number of aryl methyl sites for hydroxylation is 1. The van der Waals surface area contributed by atoms with Crippen molar-refractivity contribution in [3.63, 3.8) is 0 Å². The van der Waals surface area contributed by atoms with Crippen LogP contribution in [0.2, 0.25) is 5.02 Å². The van der Waals surface area contributed by atoms with E-state index < -0.39 is 21.8 Å². The number of amides is 1. The highest BCUT2D eigenvalue weighted by Gasteiger charge is 2.36. The molecule has 7 nitrogen and oxygen atoms in total. The third kappa shape index (κ3) is 4.52. The van der Waals surface area contributed by atoms with Gasteiger partial charge in [-0.05, 0) is 48.7 Å². The van der Waals surface area contributed by atoms with Crippen molar-refractivity contribution in [3.05, 3.63) is 74.6 Å². The van der Waals surface area contributed by atoms with E-state index in [1.165, 1.54) is 11.0 Å². The van der Waals surface area contributed by atoms with Crippen molar-refractivity contribution in [1.82, 2.24) is 4.90 Å². The molecule has 3 aromatic rings. The van der Waals surface area contributed by atoms with Crippen LogP contribution in [0.1, 0.15) is 28.1 Å². The van der Waals surface area contributed by atoms with Gasteiger partial charge in [-0.25, -0.2) is 8.42 Å². The number of halogens is 1. The fourth-order valence-corrected chi connectivity index (χ4v) is 5.73. The van der Waals surface area contributed by atoms with Crippen molar-refractivity contribution in [2.24, 2.45) is 0 Å². The number of carbonyl (C=O) groups is 1. The standard InChI is InChI=1S/C23H22ClNO6S/c1-14-9-21-18(10-19(14)24)20(26)11-22(31-21)23(27)25(16-7-8-32(28,29)13-16)12-15-3-5-17(30-2)6-4-15/h3-6,9-11,16H,7-8,12-13H2,1-2H3/t16-/m0/s1. The number of hydrogen-bond acceptors (Lipinski definition) is 6. The molecule has 1 aliphatic rings. The van der Waals surface area contributed by atoms with Crippen LogP contribution in [0.15, 0.2) is 51.7 Å². The van der Waals surface area contributed by atoms with Crippen molar-refractivity contribution in [3.8, 4) is 5.75 Å². The van der Waals surface area contributed by atoms with Crippen molar-refractivity contribution >= 4 is 38.3 Å². The molecular weight excluding hydrogens is 454 g/mol. The topological polar surface area (TPSA) is 93.9 Å². The Morgan fingerprint density at radius 2 is 1.94 bits per heavy atom. The highest BCUT2D eigenvalue weighted by Crippen LogP contribution is 2.26. The van der Waals surface area contributed by atoms with Crippen LogP contribution < -0.4 is 10.2 Å². The van der Waals surface area contributed by atoms with Crippen LogP contribution in [-0.2, 0) is 16.4 Å². The largest absolute Gasteiger partial charge is 0.497 e. The number of benzene rings is 2. The Hall–Kier alpha value is -2.84. The Morgan fingerprint density at radius 1 is 1.22 bits per heavy atom. The molecule has 168 valence electrons. The molecule has 1 atom stereocenters. The van der Waals surface area contributed by atoms with Gasteiger partial charge < -0.3 is 14.1 Å². The summed E-state index contributed by atoms with van der Waals surface area (Å²) in [7, 11) is -1.67. The van der Waals surface area contributed by atoms with Crippen molar-refractivity contribution < 1.29 is 22.4 Å². The first kappa shape index (κ1) is 22.4. The maximum atomic E-state index is 13.5. The van der Waals surface area contributed by atoms with E-state index in [1.54, 1.807) is 32.2 Å². The predicted molar refractivity (Wildman–Crippen MR) is 122 cm³/mol. The lowest BCUT2D eigenvalue weighted by atomic mass is 10.1. The summed E-state index contributed by atoms with van der Waals surface area (Å²) in [5.41, 5.74) is 1.38. The van der Waals surface area contributed by atoms with Gasteiger partial charge in [0, 0.05) is 23.7 Å². The molecule has 4 rings (SSSR count). The second kappa shape index (κ2) is 8.60. The number of hydrogen-bond donors (Lipinski definition) is 0. The van der Waals surface area contributed by atoms with Crippen LogP contribution in [0.4, 0.5) is 0 Å². The molecule has 1 amide bonds. The molecule has 0 saturated carbocycles. The summed E-state index contributed by atoms with van der Waals surface area (Å²) >= 11 is 6.12. The average molecular weight is 476 g/mol. The predicted octanol–water partition coefficient (Wildman–Crippen LogP) is 3.59. The van der Waals surface area contributed by atoms with Crippen molar-refractivity contribution in [1.29, 1.82) is 0 Å². The molecule has 2 heterocycles. The Balaban J connectivity index is 1.73. The van der Waals surface area contributed by atoms with E-state index in [-0.39, 0.29) is 40.2 Å². The van der Waals surface area contributed by atoms with Gasteiger partial charge in [0.1, 0.15) is 11.3 Å². The summed E-state index contributed by atoms with van der Waals surface area (Å²) < 4.78 is 35.2. The average Bonchev–Trinajstić information content (AvgIpc) is 3.12. The smallest absolute Gasteiger partial charge is 0.290 e. The highest BCUT2D eigenvalue weighted by molar-refractivity contribution is 7.91. The van der Waals surface area contributed by atoms with E-state index in [0.29, 0.717) is 22.8 Å². The van der Waals surface area contributed by atoms with E-state index >= 15 is 0 Å². The van der Waals surface area contributed by atoms with Crippen LogP contribution in [0.5, 0.6) is 5.75 Å². The van der Waals surface area contributed by atoms with Crippen LogP contribution in [0, 0.1) is 6.92 Å². The Morgan fingerprint density at radius 3 is 2.56 bits per heavy atom. The maximum Gasteiger partial charge on any atom is 0.290 e. The number of nitrogens with zero attached hydrogens (tertiary/aromatic N) is 1. The summed E-state index contributed by atoms with van der Waals surface area (Å²) in [6, 6.07) is 10.9. The zero-order valence-corrected chi connectivity index (χ0v) is 19.2. The van der Waals surface area contributed by atoms with Gasteiger partial charge in [-0.1, -0.05) is 23.7 Å². The normalized spacial score (nSPS) is 17.4. The number of rotatable bonds is 5. The number of sulfone groups is 1. The first-order valence-corrected chi connectivity index (χ1v) is 12.2. The lowest BCUT2D eigenvalue weighted by molar-refractivity contribution is 0.0648. The zero-order valence-electron chi connectivity index (χ0n) is 17.6. The molecule has 0 unspecified atom stereocenters. The van der Waals surface area contributed by atoms with Gasteiger partial charge in [0.25, 0.3) is 5.91 Å². The molecule has 1 aromatic heterocycles. The van der Waals surface area contributed by atoms with Gasteiger partial charge in [-0.15, -0.1) is 0 Å². The van der Waals surface area contributed by atoms with Gasteiger partial charge in [-0.3, -0.25) is 9.59 Å². The third-order valence-corrected chi connectivity index (χ3v) is 7.80. The first-order valence-electron chi connectivity index (χ1n) is 10.1. The minimum Gasteiger partial charge on any atom is -0.497 e. The van der Waals surface area contributed by atoms with E-state index in [1.807, 2.05) is 12.1 Å². The molecule has 32 heavy (non-hydrogen) atoms. The van der Waals surface area contributed by atoms with Gasteiger partial charge >= 0.3 is 0 Å². The fraction of sp³-hybridized carbons (Fsp3) is 0.304. The Kier molecular flexibility index (Phi) is 6.01. The molecule has 0 radical (unpaired) electrons. The number of fused-ring (bicyclic) bond motifs is 1. The van der Waals surface area contributed by atoms with Gasteiger partial charge in [0.2, 0.25) is 0 Å². The molecule has 0 spiro atoms. The molecule has 1 aliphatic heterocycles. The molecule has 1 saturated heterocycles. The van der Waals surface area contributed by atoms with Gasteiger partial charge in [0.05, 0.1) is 24.0 Å². The molecule has 0 bridgehead atoms. The summed E-state index contributed by atoms with van der Waals surface area (Å²) in [4.78, 5) is 27.6. The zero-order chi connectivity index (χ0) is 23.0. The minimum atomic E-state index is -3.23. The number of ether oxygens (including phenoxy) is 1. The lowest BCUT2D eigenvalue weighted by Gasteiger charge is -2.28. The third-order valence-electron chi connectivity index (χ3n) is 5.64. The monoisotopic (exact) mass is 475 g/mol. The summed E-state index contributed by atoms with van der Waals surface area (Å²) in [6.07, 6.45) is 0.330. The van der Waals surface area contributed by atoms with Gasteiger partial charge in [-0.2, -0.15) is 0 Å². The quantitative estimate of drug-likeness (QED) is 0.559. The van der Waals surface area contributed by atoms with E-state index in [9.17, 15) is 18.0 Å². The van der Waals surface area contributed by atoms with E-state index in [0.717, 1.165) is 11.6 Å². The number of carbonyl (C=O) groups excluding carboxylic acids is 1. The molecule has 1 fully saturated rings. The molecule has 0 N–H and O–H groups in total. The first-order chi connectivity index (χ1) is 15.2. The minimum absolute atomic E-state index is 0.0173. The maximum absolute atomic E-state index is 13.5. The SMILES string of the molecule is COc1ccc(CN(C(=O)c2cc(=O)c3cc(Cl)c(C)cc3o2)[C@H]2CCS(=O)(=O)C2)cc1. The fourth-order valence-electron chi connectivity index (χ4n) is 3.84. The Bertz CT molecular complexity index is 1350. The Labute approximate surface area is 190 Å². The highest BCUT2D eigenvalue weighted by atomic mass is 35.5. The second-order valence-electron chi connectivity index (χ2n) is 7.91. The van der Waals surface area contributed by atoms with E-state index in [4.69, 9.17) is 20.8 Å².